The molecule has 150 valence electrons. The molecule has 1 aromatic carbocycles. The molecule has 3 aliphatic heterocycles. The molecule has 2 saturated heterocycles. The van der Waals surface area contributed by atoms with Crippen molar-refractivity contribution in [2.45, 2.75) is 57.1 Å². The Morgan fingerprint density at radius 1 is 1.07 bits per heavy atom. The lowest BCUT2D eigenvalue weighted by Crippen LogP contribution is -2.56. The summed E-state index contributed by atoms with van der Waals surface area (Å²) in [5.41, 5.74) is 1.86. The van der Waals surface area contributed by atoms with Crippen LogP contribution < -0.4 is 0 Å². The van der Waals surface area contributed by atoms with Gasteiger partial charge in [0.25, 0.3) is 5.91 Å². The Labute approximate surface area is 167 Å². The molecule has 0 radical (unpaired) electrons. The maximum atomic E-state index is 13.3. The predicted octanol–water partition coefficient (Wildman–Crippen LogP) is 3.41. The zero-order valence-corrected chi connectivity index (χ0v) is 16.7. The molecule has 3 aliphatic rings. The third-order valence-corrected chi connectivity index (χ3v) is 6.39. The Balaban J connectivity index is 1.44. The Hall–Kier alpha value is -2.14. The number of rotatable bonds is 2. The topological polar surface area (TPSA) is 49.9 Å². The Bertz CT molecular complexity index is 750. The summed E-state index contributed by atoms with van der Waals surface area (Å²) in [6, 6.07) is 8.98. The van der Waals surface area contributed by atoms with Crippen molar-refractivity contribution in [3.63, 3.8) is 0 Å². The van der Waals surface area contributed by atoms with Crippen LogP contribution in [-0.2, 0) is 9.53 Å². The number of carbonyl (C=O) groups excluding carboxylic acids is 2. The van der Waals surface area contributed by atoms with Gasteiger partial charge in [-0.3, -0.25) is 9.59 Å². The zero-order valence-electron chi connectivity index (χ0n) is 16.7. The van der Waals surface area contributed by atoms with E-state index in [2.05, 4.69) is 13.0 Å². The Kier molecular flexibility index (Phi) is 5.54. The number of hydrogen-bond donors (Lipinski definition) is 0. The lowest BCUT2D eigenvalue weighted by molar-refractivity contribution is -0.142. The smallest absolute Gasteiger partial charge is 0.254 e. The van der Waals surface area contributed by atoms with E-state index in [4.69, 9.17) is 4.74 Å². The van der Waals surface area contributed by atoms with Crippen molar-refractivity contribution in [1.29, 1.82) is 0 Å². The molecule has 5 heteroatoms. The van der Waals surface area contributed by atoms with Crippen LogP contribution in [0, 0.1) is 0 Å². The molecule has 5 nitrogen and oxygen atoms in total. The van der Waals surface area contributed by atoms with Gasteiger partial charge in [0.15, 0.2) is 0 Å². The number of amides is 2. The van der Waals surface area contributed by atoms with E-state index < -0.39 is 0 Å². The molecule has 0 aliphatic carbocycles. The molecule has 1 spiro atoms. The minimum absolute atomic E-state index is 0.0266. The molecule has 28 heavy (non-hydrogen) atoms. The van der Waals surface area contributed by atoms with E-state index in [1.54, 1.807) is 4.90 Å². The first-order valence-electron chi connectivity index (χ1n) is 10.6. The fourth-order valence-electron chi connectivity index (χ4n) is 4.76. The van der Waals surface area contributed by atoms with E-state index in [-0.39, 0.29) is 23.5 Å². The van der Waals surface area contributed by atoms with Crippen LogP contribution >= 0.6 is 0 Å². The van der Waals surface area contributed by atoms with E-state index in [1.807, 2.05) is 35.2 Å². The second-order valence-electron chi connectivity index (χ2n) is 8.36. The van der Waals surface area contributed by atoms with Gasteiger partial charge in [-0.1, -0.05) is 29.8 Å². The summed E-state index contributed by atoms with van der Waals surface area (Å²) in [7, 11) is 0. The molecule has 2 fully saturated rings. The first kappa shape index (κ1) is 19.2. The summed E-state index contributed by atoms with van der Waals surface area (Å²) < 4.78 is 6.09. The number of carbonyl (C=O) groups is 2. The van der Waals surface area contributed by atoms with Gasteiger partial charge in [-0.15, -0.1) is 0 Å². The van der Waals surface area contributed by atoms with Crippen molar-refractivity contribution in [3.8, 4) is 0 Å². The second kappa shape index (κ2) is 8.08. The van der Waals surface area contributed by atoms with E-state index in [0.29, 0.717) is 25.2 Å². The summed E-state index contributed by atoms with van der Waals surface area (Å²) in [6.07, 6.45) is 7.67. The van der Waals surface area contributed by atoms with Crippen molar-refractivity contribution in [2.24, 2.45) is 0 Å². The highest BCUT2D eigenvalue weighted by Crippen LogP contribution is 2.34. The van der Waals surface area contributed by atoms with Crippen LogP contribution in [0.3, 0.4) is 0 Å². The van der Waals surface area contributed by atoms with Crippen molar-refractivity contribution in [2.75, 3.05) is 26.2 Å². The maximum Gasteiger partial charge on any atom is 0.254 e. The Morgan fingerprint density at radius 2 is 1.82 bits per heavy atom. The molecule has 2 amide bonds. The molecule has 1 unspecified atom stereocenters. The highest BCUT2D eigenvalue weighted by atomic mass is 16.5. The number of likely N-dealkylation sites (tertiary alicyclic amines) is 2. The van der Waals surface area contributed by atoms with Gasteiger partial charge >= 0.3 is 0 Å². The molecule has 4 rings (SSSR count). The van der Waals surface area contributed by atoms with Crippen LogP contribution in [0.4, 0.5) is 0 Å². The molecular weight excluding hydrogens is 352 g/mol. The van der Waals surface area contributed by atoms with Gasteiger partial charge in [0.2, 0.25) is 5.91 Å². The maximum absolute atomic E-state index is 13.3. The fraction of sp³-hybridized carbons (Fsp3) is 0.565. The lowest BCUT2D eigenvalue weighted by atomic mass is 9.86. The molecule has 1 atom stereocenters. The quantitative estimate of drug-likeness (QED) is 0.737. The van der Waals surface area contributed by atoms with E-state index in [1.165, 1.54) is 5.57 Å². The van der Waals surface area contributed by atoms with Gasteiger partial charge in [0, 0.05) is 25.2 Å². The average molecular weight is 383 g/mol. The van der Waals surface area contributed by atoms with E-state index in [0.717, 1.165) is 45.1 Å². The minimum atomic E-state index is -0.333. The standard InChI is InChI=1S/C23H30N2O3/c1-18-10-16-28-23(17-18)11-14-24(15-12-23)22(27)20-9-5-6-13-25(20)21(26)19-7-3-2-4-8-19/h2-4,7-8,17,20H,5-6,9-16H2,1H3. The van der Waals surface area contributed by atoms with Gasteiger partial charge in [0.05, 0.1) is 12.2 Å². The largest absolute Gasteiger partial charge is 0.370 e. The molecule has 0 aromatic heterocycles. The SMILES string of the molecule is CC1=CC2(CCN(C(=O)C3CCCCN3C(=O)c3ccccc3)CC2)OCC1. The normalized spacial score (nSPS) is 24.8. The van der Waals surface area contributed by atoms with Crippen LogP contribution in [-0.4, -0.2) is 59.5 Å². The van der Waals surface area contributed by atoms with Crippen LogP contribution in [0.5, 0.6) is 0 Å². The van der Waals surface area contributed by atoms with Crippen molar-refractivity contribution in [1.82, 2.24) is 9.80 Å². The second-order valence-corrected chi connectivity index (χ2v) is 8.36. The first-order chi connectivity index (χ1) is 13.6. The highest BCUT2D eigenvalue weighted by molar-refractivity contribution is 5.97. The summed E-state index contributed by atoms with van der Waals surface area (Å²) in [5.74, 6) is 0.0802. The van der Waals surface area contributed by atoms with Gasteiger partial charge < -0.3 is 14.5 Å². The van der Waals surface area contributed by atoms with Gasteiger partial charge in [0.1, 0.15) is 6.04 Å². The third-order valence-electron chi connectivity index (χ3n) is 6.39. The minimum Gasteiger partial charge on any atom is -0.370 e. The molecule has 0 N–H and O–H groups in total. The summed E-state index contributed by atoms with van der Waals surface area (Å²) in [4.78, 5) is 30.1. The summed E-state index contributed by atoms with van der Waals surface area (Å²) in [6.45, 7) is 5.00. The monoisotopic (exact) mass is 382 g/mol. The van der Waals surface area contributed by atoms with Crippen LogP contribution in [0.15, 0.2) is 42.0 Å². The Morgan fingerprint density at radius 3 is 2.54 bits per heavy atom. The van der Waals surface area contributed by atoms with Gasteiger partial charge in [-0.25, -0.2) is 0 Å². The van der Waals surface area contributed by atoms with E-state index in [9.17, 15) is 9.59 Å². The van der Waals surface area contributed by atoms with Crippen LogP contribution in [0.2, 0.25) is 0 Å². The average Bonchev–Trinajstić information content (AvgIpc) is 2.74. The number of benzene rings is 1. The summed E-state index contributed by atoms with van der Waals surface area (Å²) >= 11 is 0. The molecular formula is C23H30N2O3. The lowest BCUT2D eigenvalue weighted by Gasteiger charge is -2.44. The van der Waals surface area contributed by atoms with Gasteiger partial charge in [-0.05, 0) is 57.6 Å². The van der Waals surface area contributed by atoms with Crippen molar-refractivity contribution in [3.05, 3.63) is 47.5 Å². The third kappa shape index (κ3) is 3.86. The molecule has 0 saturated carbocycles. The van der Waals surface area contributed by atoms with Crippen LogP contribution in [0.1, 0.15) is 55.8 Å². The van der Waals surface area contributed by atoms with E-state index >= 15 is 0 Å². The number of hydrogen-bond acceptors (Lipinski definition) is 3. The number of ether oxygens (including phenoxy) is 1. The number of piperidine rings is 2. The fourth-order valence-corrected chi connectivity index (χ4v) is 4.76. The molecule has 0 bridgehead atoms. The molecule has 3 heterocycles. The highest BCUT2D eigenvalue weighted by Gasteiger charge is 2.40. The van der Waals surface area contributed by atoms with Crippen molar-refractivity contribution >= 4 is 11.8 Å². The van der Waals surface area contributed by atoms with Gasteiger partial charge in [-0.2, -0.15) is 0 Å². The summed E-state index contributed by atoms with van der Waals surface area (Å²) in [5, 5.41) is 0. The zero-order chi connectivity index (χ0) is 19.6. The molecule has 1 aromatic rings. The first-order valence-corrected chi connectivity index (χ1v) is 10.6. The predicted molar refractivity (Wildman–Crippen MR) is 108 cm³/mol. The van der Waals surface area contributed by atoms with Crippen molar-refractivity contribution < 1.29 is 14.3 Å². The van der Waals surface area contributed by atoms with Crippen LogP contribution in [0.25, 0.3) is 0 Å². The number of nitrogens with zero attached hydrogens (tertiary/aromatic N) is 2.